The summed E-state index contributed by atoms with van der Waals surface area (Å²) in [7, 11) is 0. The highest BCUT2D eigenvalue weighted by atomic mass is 16.4. The number of hydrogen-bond acceptors (Lipinski definition) is 6. The number of carbonyl (C=O) groups excluding carboxylic acids is 2. The average Bonchev–Trinajstić information content (AvgIpc) is 3.16. The van der Waals surface area contributed by atoms with Gasteiger partial charge in [-0.2, -0.15) is 0 Å². The molecule has 6 heteroatoms. The van der Waals surface area contributed by atoms with E-state index in [1.807, 2.05) is 6.08 Å². The van der Waals surface area contributed by atoms with Crippen molar-refractivity contribution in [1.29, 1.82) is 0 Å². The molecular weight excluding hydrogens is 468 g/mol. The second-order valence-electron chi connectivity index (χ2n) is 13.3. The van der Waals surface area contributed by atoms with E-state index in [9.17, 15) is 30.0 Å². The molecule has 4 rings (SSSR count). The lowest BCUT2D eigenvalue weighted by atomic mass is 9.59. The highest BCUT2D eigenvalue weighted by Crippen LogP contribution is 2.60. The molecular formula is C31H46O6-2. The van der Waals surface area contributed by atoms with Crippen LogP contribution < -0.4 is 10.2 Å². The van der Waals surface area contributed by atoms with Gasteiger partial charge in [-0.25, -0.2) is 0 Å². The van der Waals surface area contributed by atoms with E-state index in [1.165, 1.54) is 31.3 Å². The Bertz CT molecular complexity index is 934. The molecule has 2 saturated carbocycles. The Balaban J connectivity index is 1.67. The molecule has 0 radical (unpaired) electrons. The van der Waals surface area contributed by atoms with E-state index in [4.69, 9.17) is 0 Å². The van der Waals surface area contributed by atoms with Gasteiger partial charge in [0.2, 0.25) is 0 Å². The molecule has 3 unspecified atom stereocenters. The van der Waals surface area contributed by atoms with E-state index in [1.54, 1.807) is 0 Å². The number of aliphatic carboxylic acids is 2. The summed E-state index contributed by atoms with van der Waals surface area (Å²) in [4.78, 5) is 24.4. The summed E-state index contributed by atoms with van der Waals surface area (Å²) in [6.07, 6.45) is 9.74. The predicted molar refractivity (Wildman–Crippen MR) is 137 cm³/mol. The SMILES string of the molecule is CC(C)CCC[C@@H](C)[C@H]1CC[C@H]2/C(=C/C3C4=C(CC(C(=O)[O-])C3C(=O)[O-])[C@@H](O)C[C@H](O)C4)CCC[C@]12C. The Hall–Kier alpha value is -1.66. The van der Waals surface area contributed by atoms with Gasteiger partial charge < -0.3 is 30.0 Å². The molecule has 9 atom stereocenters. The number of fused-ring (bicyclic) bond motifs is 1. The minimum absolute atomic E-state index is 0.0546. The Morgan fingerprint density at radius 2 is 1.78 bits per heavy atom. The van der Waals surface area contributed by atoms with Crippen molar-refractivity contribution in [2.75, 3.05) is 0 Å². The van der Waals surface area contributed by atoms with E-state index < -0.39 is 41.9 Å². The maximum atomic E-state index is 12.4. The normalized spacial score (nSPS) is 40.0. The molecule has 208 valence electrons. The minimum Gasteiger partial charge on any atom is -0.550 e. The maximum absolute atomic E-state index is 12.4. The zero-order chi connectivity index (χ0) is 27.1. The van der Waals surface area contributed by atoms with Crippen LogP contribution in [0.5, 0.6) is 0 Å². The van der Waals surface area contributed by atoms with Crippen molar-refractivity contribution < 1.29 is 30.0 Å². The van der Waals surface area contributed by atoms with Gasteiger partial charge in [-0.3, -0.25) is 0 Å². The molecule has 0 aromatic rings. The van der Waals surface area contributed by atoms with Crippen LogP contribution in [-0.2, 0) is 9.59 Å². The van der Waals surface area contributed by atoms with Crippen LogP contribution in [0.1, 0.15) is 98.3 Å². The van der Waals surface area contributed by atoms with Gasteiger partial charge in [0.05, 0.1) is 12.2 Å². The fraction of sp³-hybridized carbons (Fsp3) is 0.806. The molecule has 0 bridgehead atoms. The van der Waals surface area contributed by atoms with Crippen LogP contribution in [0.25, 0.3) is 0 Å². The summed E-state index contributed by atoms with van der Waals surface area (Å²) in [5, 5.41) is 45.5. The molecule has 0 aromatic heterocycles. The first-order valence-electron chi connectivity index (χ1n) is 14.6. The third-order valence-corrected chi connectivity index (χ3v) is 10.6. The molecule has 0 heterocycles. The van der Waals surface area contributed by atoms with Crippen LogP contribution >= 0.6 is 0 Å². The van der Waals surface area contributed by atoms with Gasteiger partial charge in [0.15, 0.2) is 0 Å². The first kappa shape index (κ1) is 28.4. The molecule has 6 nitrogen and oxygen atoms in total. The summed E-state index contributed by atoms with van der Waals surface area (Å²) >= 11 is 0. The number of carboxylic acid groups (broad SMARTS) is 2. The predicted octanol–water partition coefficient (Wildman–Crippen LogP) is 3.16. The van der Waals surface area contributed by atoms with Gasteiger partial charge in [0.1, 0.15) is 0 Å². The number of hydrogen-bond donors (Lipinski definition) is 2. The standard InChI is InChI=1S/C31H48O6/c1-17(2)7-5-8-18(3)25-10-11-26-19(9-6-12-31(25,26)4)13-23-21-14-20(32)15-27(33)22(21)16-24(29(34)35)28(23)30(36)37/h13,17-18,20,23-28,32-33H,5-12,14-16H2,1-4H3,(H,34,35)(H,36,37)/p-2/b19-13+/t18-,20-,23?,24?,25-,26+,27+,28?,31-/m1/s1. The topological polar surface area (TPSA) is 121 Å². The third kappa shape index (κ3) is 5.56. The largest absolute Gasteiger partial charge is 0.550 e. The van der Waals surface area contributed by atoms with E-state index in [0.717, 1.165) is 31.6 Å². The van der Waals surface area contributed by atoms with Crippen LogP contribution in [0.15, 0.2) is 22.8 Å². The zero-order valence-electron chi connectivity index (χ0n) is 23.1. The molecule has 4 aliphatic carbocycles. The number of allylic oxidation sites excluding steroid dienone is 2. The van der Waals surface area contributed by atoms with E-state index in [2.05, 4.69) is 27.7 Å². The second kappa shape index (κ2) is 11.2. The van der Waals surface area contributed by atoms with E-state index in [0.29, 0.717) is 28.9 Å². The molecule has 37 heavy (non-hydrogen) atoms. The number of aliphatic hydroxyl groups is 2. The van der Waals surface area contributed by atoms with Crippen molar-refractivity contribution in [3.8, 4) is 0 Å². The summed E-state index contributed by atoms with van der Waals surface area (Å²) < 4.78 is 0. The Labute approximate surface area is 222 Å². The Morgan fingerprint density at radius 3 is 2.43 bits per heavy atom. The molecule has 0 spiro atoms. The number of aliphatic hydroxyl groups excluding tert-OH is 2. The molecule has 0 aromatic carbocycles. The van der Waals surface area contributed by atoms with Crippen molar-refractivity contribution in [2.45, 2.75) is 111 Å². The smallest absolute Gasteiger partial charge is 0.0777 e. The van der Waals surface area contributed by atoms with Gasteiger partial charge >= 0.3 is 0 Å². The maximum Gasteiger partial charge on any atom is 0.0777 e. The van der Waals surface area contributed by atoms with Crippen LogP contribution in [-0.4, -0.2) is 34.4 Å². The van der Waals surface area contributed by atoms with Crippen molar-refractivity contribution in [3.63, 3.8) is 0 Å². The number of rotatable bonds is 8. The first-order chi connectivity index (χ1) is 17.4. The second-order valence-corrected chi connectivity index (χ2v) is 13.3. The van der Waals surface area contributed by atoms with Crippen molar-refractivity contribution >= 4 is 11.9 Å². The average molecular weight is 515 g/mol. The molecule has 0 saturated heterocycles. The van der Waals surface area contributed by atoms with Crippen LogP contribution in [0.2, 0.25) is 0 Å². The Kier molecular flexibility index (Phi) is 8.59. The Morgan fingerprint density at radius 1 is 1.05 bits per heavy atom. The van der Waals surface area contributed by atoms with Crippen molar-refractivity contribution in [2.24, 2.45) is 46.8 Å². The summed E-state index contributed by atoms with van der Waals surface area (Å²) in [6, 6.07) is 0. The lowest BCUT2D eigenvalue weighted by Crippen LogP contribution is -2.51. The first-order valence-corrected chi connectivity index (χ1v) is 14.6. The van der Waals surface area contributed by atoms with Gasteiger partial charge in [0, 0.05) is 36.1 Å². The van der Waals surface area contributed by atoms with Crippen LogP contribution in [0, 0.1) is 46.8 Å². The summed E-state index contributed by atoms with van der Waals surface area (Å²) in [5.74, 6) is -3.66. The minimum atomic E-state index is -1.41. The molecule has 2 N–H and O–H groups in total. The van der Waals surface area contributed by atoms with Crippen molar-refractivity contribution in [1.82, 2.24) is 0 Å². The van der Waals surface area contributed by atoms with Crippen molar-refractivity contribution in [3.05, 3.63) is 22.8 Å². The highest BCUT2D eigenvalue weighted by molar-refractivity contribution is 5.80. The lowest BCUT2D eigenvalue weighted by Gasteiger charge is -2.47. The highest BCUT2D eigenvalue weighted by Gasteiger charge is 2.51. The zero-order valence-corrected chi connectivity index (χ0v) is 23.1. The quantitative estimate of drug-likeness (QED) is 0.480. The van der Waals surface area contributed by atoms with Gasteiger partial charge in [-0.15, -0.1) is 0 Å². The van der Waals surface area contributed by atoms with Crippen LogP contribution in [0.4, 0.5) is 0 Å². The van der Waals surface area contributed by atoms with Crippen LogP contribution in [0.3, 0.4) is 0 Å². The van der Waals surface area contributed by atoms with Gasteiger partial charge in [0.25, 0.3) is 0 Å². The molecule has 0 amide bonds. The fourth-order valence-corrected chi connectivity index (χ4v) is 8.77. The van der Waals surface area contributed by atoms with Gasteiger partial charge in [-0.1, -0.05) is 64.2 Å². The summed E-state index contributed by atoms with van der Waals surface area (Å²) in [6.45, 7) is 9.37. The van der Waals surface area contributed by atoms with E-state index >= 15 is 0 Å². The fourth-order valence-electron chi connectivity index (χ4n) is 8.77. The lowest BCUT2D eigenvalue weighted by molar-refractivity contribution is -0.328. The number of carbonyl (C=O) groups is 2. The molecule has 2 fully saturated rings. The summed E-state index contributed by atoms with van der Waals surface area (Å²) in [5.41, 5.74) is 2.68. The molecule has 4 aliphatic rings. The van der Waals surface area contributed by atoms with E-state index in [-0.39, 0.29) is 24.7 Å². The molecule has 0 aliphatic heterocycles. The number of carboxylic acids is 2. The monoisotopic (exact) mass is 514 g/mol. The third-order valence-electron chi connectivity index (χ3n) is 10.6. The van der Waals surface area contributed by atoms with Gasteiger partial charge in [-0.05, 0) is 79.6 Å².